The van der Waals surface area contributed by atoms with Crippen LogP contribution in [0.15, 0.2) is 29.2 Å². The van der Waals surface area contributed by atoms with Crippen LogP contribution in [0.2, 0.25) is 5.02 Å². The van der Waals surface area contributed by atoms with Crippen molar-refractivity contribution in [2.45, 2.75) is 18.2 Å². The molecule has 22 heavy (non-hydrogen) atoms. The average molecular weight is 346 g/mol. The Morgan fingerprint density at radius 2 is 2.09 bits per heavy atom. The van der Waals surface area contributed by atoms with Crippen LogP contribution in [-0.2, 0) is 14.3 Å². The maximum Gasteiger partial charge on any atom is 0.320 e. The average Bonchev–Trinajstić information content (AvgIpc) is 2.50. The van der Waals surface area contributed by atoms with Crippen molar-refractivity contribution in [1.29, 1.82) is 0 Å². The largest absolute Gasteiger partial charge is 0.465 e. The van der Waals surface area contributed by atoms with Gasteiger partial charge >= 0.3 is 5.97 Å². The summed E-state index contributed by atoms with van der Waals surface area (Å²) in [4.78, 5) is 14.7. The van der Waals surface area contributed by atoms with E-state index in [9.17, 15) is 4.79 Å². The first kappa shape index (κ1) is 19.3. The van der Waals surface area contributed by atoms with Crippen molar-refractivity contribution in [1.82, 2.24) is 4.90 Å². The zero-order valence-corrected chi connectivity index (χ0v) is 14.8. The van der Waals surface area contributed by atoms with Crippen LogP contribution < -0.4 is 0 Å². The third-order valence-corrected chi connectivity index (χ3v) is 4.58. The second kappa shape index (κ2) is 11.8. The fourth-order valence-corrected chi connectivity index (χ4v) is 3.09. The zero-order valence-electron chi connectivity index (χ0n) is 13.2. The third kappa shape index (κ3) is 8.03. The molecule has 0 atom stereocenters. The standard InChI is InChI=1S/C16H24ClNO3S/c1-3-21-16(19)13-18(10-11-20-2)9-6-12-22-15-8-5-4-7-14(15)17/h4-5,7-8H,3,6,9-13H2,1-2H3. The summed E-state index contributed by atoms with van der Waals surface area (Å²) in [7, 11) is 1.66. The first-order chi connectivity index (χ1) is 10.7. The predicted octanol–water partition coefficient (Wildman–Crippen LogP) is 3.33. The van der Waals surface area contributed by atoms with Crippen molar-refractivity contribution in [2.75, 3.05) is 45.7 Å². The topological polar surface area (TPSA) is 38.8 Å². The normalized spacial score (nSPS) is 10.9. The Bertz CT molecular complexity index is 445. The molecule has 0 aromatic heterocycles. The lowest BCUT2D eigenvalue weighted by atomic mass is 10.4. The van der Waals surface area contributed by atoms with Crippen molar-refractivity contribution in [3.05, 3.63) is 29.3 Å². The molecule has 1 aromatic rings. The Morgan fingerprint density at radius 3 is 2.77 bits per heavy atom. The second-order valence-electron chi connectivity index (χ2n) is 4.71. The Hall–Kier alpha value is -0.750. The molecule has 0 saturated heterocycles. The maximum atomic E-state index is 11.6. The molecule has 0 aliphatic rings. The second-order valence-corrected chi connectivity index (χ2v) is 6.25. The van der Waals surface area contributed by atoms with E-state index in [2.05, 4.69) is 4.90 Å². The van der Waals surface area contributed by atoms with Crippen molar-refractivity contribution in [2.24, 2.45) is 0 Å². The van der Waals surface area contributed by atoms with Crippen molar-refractivity contribution in [3.8, 4) is 0 Å². The number of rotatable bonds is 11. The number of halogens is 1. The number of carbonyl (C=O) groups excluding carboxylic acids is 1. The van der Waals surface area contributed by atoms with Gasteiger partial charge in [-0.05, 0) is 37.8 Å². The highest BCUT2D eigenvalue weighted by molar-refractivity contribution is 7.99. The number of thioether (sulfide) groups is 1. The number of ether oxygens (including phenoxy) is 2. The Kier molecular flexibility index (Phi) is 10.3. The number of hydrogen-bond donors (Lipinski definition) is 0. The highest BCUT2D eigenvalue weighted by atomic mass is 35.5. The van der Waals surface area contributed by atoms with E-state index in [0.717, 1.165) is 35.2 Å². The van der Waals surface area contributed by atoms with Crippen LogP contribution in [0.3, 0.4) is 0 Å². The molecule has 124 valence electrons. The lowest BCUT2D eigenvalue weighted by molar-refractivity contribution is -0.144. The Labute approximate surface area is 142 Å². The lowest BCUT2D eigenvalue weighted by Crippen LogP contribution is -2.34. The van der Waals surface area contributed by atoms with E-state index in [1.807, 2.05) is 31.2 Å². The minimum Gasteiger partial charge on any atom is -0.465 e. The van der Waals surface area contributed by atoms with Gasteiger partial charge in [0, 0.05) is 18.6 Å². The van der Waals surface area contributed by atoms with Gasteiger partial charge in [0.15, 0.2) is 0 Å². The van der Waals surface area contributed by atoms with Crippen LogP contribution >= 0.6 is 23.4 Å². The molecule has 0 amide bonds. The summed E-state index contributed by atoms with van der Waals surface area (Å²) in [5.74, 6) is 0.771. The van der Waals surface area contributed by atoms with Gasteiger partial charge in [0.25, 0.3) is 0 Å². The SMILES string of the molecule is CCOC(=O)CN(CCCSc1ccccc1Cl)CCOC. The first-order valence-electron chi connectivity index (χ1n) is 7.41. The molecule has 0 heterocycles. The number of benzene rings is 1. The molecule has 0 bridgehead atoms. The Balaban J connectivity index is 2.32. The monoisotopic (exact) mass is 345 g/mol. The number of hydrogen-bond acceptors (Lipinski definition) is 5. The summed E-state index contributed by atoms with van der Waals surface area (Å²) in [6, 6.07) is 7.84. The van der Waals surface area contributed by atoms with Gasteiger partial charge < -0.3 is 9.47 Å². The van der Waals surface area contributed by atoms with Crippen LogP contribution in [0, 0.1) is 0 Å². The van der Waals surface area contributed by atoms with Gasteiger partial charge in [0.1, 0.15) is 0 Å². The summed E-state index contributed by atoms with van der Waals surface area (Å²) in [5.41, 5.74) is 0. The van der Waals surface area contributed by atoms with Crippen molar-refractivity contribution >= 4 is 29.3 Å². The van der Waals surface area contributed by atoms with Crippen LogP contribution in [0.25, 0.3) is 0 Å². The molecule has 1 rings (SSSR count). The zero-order chi connectivity index (χ0) is 16.2. The fraction of sp³-hybridized carbons (Fsp3) is 0.562. The number of esters is 1. The third-order valence-electron chi connectivity index (χ3n) is 2.98. The number of nitrogens with zero attached hydrogens (tertiary/aromatic N) is 1. The number of methoxy groups -OCH3 is 1. The minimum atomic E-state index is -0.183. The van der Waals surface area contributed by atoms with E-state index in [-0.39, 0.29) is 5.97 Å². The predicted molar refractivity (Wildman–Crippen MR) is 91.7 cm³/mol. The van der Waals surface area contributed by atoms with E-state index in [0.29, 0.717) is 19.8 Å². The maximum absolute atomic E-state index is 11.6. The molecule has 0 aliphatic carbocycles. The molecule has 6 heteroatoms. The van der Waals surface area contributed by atoms with Crippen molar-refractivity contribution in [3.63, 3.8) is 0 Å². The van der Waals surface area contributed by atoms with E-state index < -0.39 is 0 Å². The van der Waals surface area contributed by atoms with Crippen LogP contribution in [0.1, 0.15) is 13.3 Å². The molecule has 0 spiro atoms. The van der Waals surface area contributed by atoms with E-state index in [4.69, 9.17) is 21.1 Å². The summed E-state index contributed by atoms with van der Waals surface area (Å²) < 4.78 is 10.1. The molecule has 0 saturated carbocycles. The van der Waals surface area contributed by atoms with Crippen LogP contribution in [0.4, 0.5) is 0 Å². The van der Waals surface area contributed by atoms with Gasteiger partial charge in [-0.25, -0.2) is 0 Å². The van der Waals surface area contributed by atoms with E-state index in [1.165, 1.54) is 0 Å². The van der Waals surface area contributed by atoms with Gasteiger partial charge in [0.05, 0.1) is 24.8 Å². The molecule has 0 unspecified atom stereocenters. The van der Waals surface area contributed by atoms with E-state index in [1.54, 1.807) is 18.9 Å². The van der Waals surface area contributed by atoms with Gasteiger partial charge in [-0.15, -0.1) is 11.8 Å². The molecule has 1 aromatic carbocycles. The quantitative estimate of drug-likeness (QED) is 0.349. The van der Waals surface area contributed by atoms with Gasteiger partial charge in [-0.1, -0.05) is 23.7 Å². The highest BCUT2D eigenvalue weighted by Crippen LogP contribution is 2.26. The molecule has 0 radical (unpaired) electrons. The summed E-state index contributed by atoms with van der Waals surface area (Å²) >= 11 is 7.86. The summed E-state index contributed by atoms with van der Waals surface area (Å²) in [6.07, 6.45) is 0.971. The van der Waals surface area contributed by atoms with Gasteiger partial charge in [0.2, 0.25) is 0 Å². The first-order valence-corrected chi connectivity index (χ1v) is 8.78. The molecule has 0 fully saturated rings. The van der Waals surface area contributed by atoms with Gasteiger partial charge in [-0.2, -0.15) is 0 Å². The molecule has 0 N–H and O–H groups in total. The van der Waals surface area contributed by atoms with Crippen LogP contribution in [-0.4, -0.2) is 56.6 Å². The van der Waals surface area contributed by atoms with Crippen LogP contribution in [0.5, 0.6) is 0 Å². The van der Waals surface area contributed by atoms with Crippen molar-refractivity contribution < 1.29 is 14.3 Å². The number of carbonyl (C=O) groups is 1. The molecular weight excluding hydrogens is 322 g/mol. The fourth-order valence-electron chi connectivity index (χ4n) is 1.91. The highest BCUT2D eigenvalue weighted by Gasteiger charge is 2.11. The molecule has 0 aliphatic heterocycles. The lowest BCUT2D eigenvalue weighted by Gasteiger charge is -2.20. The molecular formula is C16H24ClNO3S. The minimum absolute atomic E-state index is 0.183. The smallest absolute Gasteiger partial charge is 0.320 e. The summed E-state index contributed by atoms with van der Waals surface area (Å²) in [5, 5.41) is 0.787. The summed E-state index contributed by atoms with van der Waals surface area (Å²) in [6.45, 7) is 4.72. The molecule has 4 nitrogen and oxygen atoms in total. The van der Waals surface area contributed by atoms with Gasteiger partial charge in [-0.3, -0.25) is 9.69 Å². The van der Waals surface area contributed by atoms with E-state index >= 15 is 0 Å². The Morgan fingerprint density at radius 1 is 1.32 bits per heavy atom.